The monoisotopic (exact) mass is 303 g/mol. The van der Waals surface area contributed by atoms with E-state index in [0.717, 1.165) is 22.8 Å². The van der Waals surface area contributed by atoms with E-state index in [1.165, 1.54) is 0 Å². The van der Waals surface area contributed by atoms with Gasteiger partial charge in [0.15, 0.2) is 0 Å². The van der Waals surface area contributed by atoms with E-state index in [-0.39, 0.29) is 6.03 Å². The maximum atomic E-state index is 11.9. The highest BCUT2D eigenvalue weighted by molar-refractivity contribution is 5.89. The summed E-state index contributed by atoms with van der Waals surface area (Å²) in [6.45, 7) is 0.815. The van der Waals surface area contributed by atoms with Gasteiger partial charge in [-0.15, -0.1) is 0 Å². The first-order valence-corrected chi connectivity index (χ1v) is 6.93. The van der Waals surface area contributed by atoms with Crippen molar-refractivity contribution in [2.75, 3.05) is 31.4 Å². The zero-order valence-electron chi connectivity index (χ0n) is 13.0. The number of hydrogen-bond acceptors (Lipinski definition) is 4. The van der Waals surface area contributed by atoms with Crippen LogP contribution in [0, 0.1) is 0 Å². The van der Waals surface area contributed by atoms with E-state index < -0.39 is 0 Å². The Morgan fingerprint density at radius 3 is 2.91 bits per heavy atom. The van der Waals surface area contributed by atoms with Crippen LogP contribution in [0.4, 0.5) is 16.2 Å². The summed E-state index contributed by atoms with van der Waals surface area (Å²) in [6.07, 6.45) is 0. The van der Waals surface area contributed by atoms with Gasteiger partial charge in [0, 0.05) is 32.6 Å². The Labute approximate surface area is 129 Å². The quantitative estimate of drug-likeness (QED) is 0.761. The number of urea groups is 1. The third-order valence-corrected chi connectivity index (χ3v) is 3.04. The number of benzene rings is 1. The number of carbonyl (C=O) groups excluding carboxylic acids is 1. The molecule has 0 unspecified atom stereocenters. The number of nitrogens with one attached hydrogen (secondary N) is 3. The minimum atomic E-state index is -0.265. The van der Waals surface area contributed by atoms with E-state index in [1.807, 2.05) is 49.3 Å². The summed E-state index contributed by atoms with van der Waals surface area (Å²) in [5, 5.41) is 12.5. The molecular formula is C15H21N5O2. The molecule has 0 radical (unpaired) electrons. The molecule has 2 amide bonds. The van der Waals surface area contributed by atoms with Gasteiger partial charge in [0.05, 0.1) is 24.5 Å². The van der Waals surface area contributed by atoms with Crippen molar-refractivity contribution in [2.45, 2.75) is 13.2 Å². The number of hydrogen-bond donors (Lipinski definition) is 3. The summed E-state index contributed by atoms with van der Waals surface area (Å²) >= 11 is 0. The van der Waals surface area contributed by atoms with Crippen molar-refractivity contribution in [3.63, 3.8) is 0 Å². The SMILES string of the molecule is COCc1cc(CNC(=O)Nc2cccc(N(C)C)c2)[nH]n1. The number of H-pyrrole nitrogens is 1. The number of amides is 2. The van der Waals surface area contributed by atoms with E-state index in [9.17, 15) is 4.79 Å². The lowest BCUT2D eigenvalue weighted by Gasteiger charge is -2.14. The zero-order chi connectivity index (χ0) is 15.9. The number of anilines is 2. The predicted octanol–water partition coefficient (Wildman–Crippen LogP) is 1.94. The Bertz CT molecular complexity index is 624. The van der Waals surface area contributed by atoms with E-state index >= 15 is 0 Å². The summed E-state index contributed by atoms with van der Waals surface area (Å²) in [7, 11) is 5.52. The Balaban J connectivity index is 1.86. The van der Waals surface area contributed by atoms with Gasteiger partial charge in [0.25, 0.3) is 0 Å². The lowest BCUT2D eigenvalue weighted by molar-refractivity contribution is 0.181. The second-order valence-electron chi connectivity index (χ2n) is 5.07. The van der Waals surface area contributed by atoms with Crippen LogP contribution in [0.2, 0.25) is 0 Å². The molecule has 0 saturated carbocycles. The molecule has 0 aliphatic carbocycles. The van der Waals surface area contributed by atoms with Gasteiger partial charge in [-0.25, -0.2) is 4.79 Å². The largest absolute Gasteiger partial charge is 0.378 e. The van der Waals surface area contributed by atoms with Gasteiger partial charge in [-0.1, -0.05) is 6.07 Å². The number of methoxy groups -OCH3 is 1. The summed E-state index contributed by atoms with van der Waals surface area (Å²) in [6, 6.07) is 9.23. The lowest BCUT2D eigenvalue weighted by Crippen LogP contribution is -2.28. The van der Waals surface area contributed by atoms with Crippen LogP contribution < -0.4 is 15.5 Å². The molecule has 0 bridgehead atoms. The van der Waals surface area contributed by atoms with Crippen LogP contribution in [0.3, 0.4) is 0 Å². The van der Waals surface area contributed by atoms with Crippen molar-refractivity contribution < 1.29 is 9.53 Å². The molecule has 22 heavy (non-hydrogen) atoms. The summed E-state index contributed by atoms with van der Waals surface area (Å²) in [5.41, 5.74) is 3.39. The Hall–Kier alpha value is -2.54. The molecular weight excluding hydrogens is 282 g/mol. The van der Waals surface area contributed by atoms with Crippen molar-refractivity contribution in [1.29, 1.82) is 0 Å². The molecule has 0 saturated heterocycles. The predicted molar refractivity (Wildman–Crippen MR) is 85.9 cm³/mol. The molecule has 7 nitrogen and oxygen atoms in total. The lowest BCUT2D eigenvalue weighted by atomic mass is 10.2. The third-order valence-electron chi connectivity index (χ3n) is 3.04. The minimum Gasteiger partial charge on any atom is -0.378 e. The maximum absolute atomic E-state index is 11.9. The summed E-state index contributed by atoms with van der Waals surface area (Å²) in [5.74, 6) is 0. The van der Waals surface area contributed by atoms with Gasteiger partial charge in [-0.2, -0.15) is 5.10 Å². The number of nitrogens with zero attached hydrogens (tertiary/aromatic N) is 2. The van der Waals surface area contributed by atoms with Gasteiger partial charge in [-0.05, 0) is 24.3 Å². The first kappa shape index (κ1) is 15.8. The van der Waals surface area contributed by atoms with Crippen LogP contribution in [0.1, 0.15) is 11.4 Å². The highest BCUT2D eigenvalue weighted by atomic mass is 16.5. The van der Waals surface area contributed by atoms with Gasteiger partial charge in [0.2, 0.25) is 0 Å². The van der Waals surface area contributed by atoms with Crippen LogP contribution >= 0.6 is 0 Å². The topological polar surface area (TPSA) is 82.3 Å². The molecule has 1 aromatic carbocycles. The molecule has 0 fully saturated rings. The van der Waals surface area contributed by atoms with Gasteiger partial charge in [0.1, 0.15) is 0 Å². The molecule has 1 aromatic heterocycles. The molecule has 118 valence electrons. The second kappa shape index (κ2) is 7.46. The van der Waals surface area contributed by atoms with E-state index in [0.29, 0.717) is 13.2 Å². The molecule has 2 aromatic rings. The van der Waals surface area contributed by atoms with E-state index in [2.05, 4.69) is 20.8 Å². The Morgan fingerprint density at radius 1 is 1.36 bits per heavy atom. The highest BCUT2D eigenvalue weighted by Crippen LogP contribution is 2.17. The van der Waals surface area contributed by atoms with Crippen LogP contribution in [0.5, 0.6) is 0 Å². The van der Waals surface area contributed by atoms with Gasteiger partial charge < -0.3 is 20.3 Å². The molecule has 3 N–H and O–H groups in total. The van der Waals surface area contributed by atoms with Crippen LogP contribution in [0.25, 0.3) is 0 Å². The number of aromatic amines is 1. The smallest absolute Gasteiger partial charge is 0.319 e. The maximum Gasteiger partial charge on any atom is 0.319 e. The van der Waals surface area contributed by atoms with Crippen molar-refractivity contribution >= 4 is 17.4 Å². The first-order chi connectivity index (χ1) is 10.6. The fourth-order valence-corrected chi connectivity index (χ4v) is 1.93. The Kier molecular flexibility index (Phi) is 5.37. The zero-order valence-corrected chi connectivity index (χ0v) is 13.0. The van der Waals surface area contributed by atoms with Crippen molar-refractivity contribution in [3.8, 4) is 0 Å². The average Bonchev–Trinajstić information content (AvgIpc) is 2.93. The number of ether oxygens (including phenoxy) is 1. The van der Waals surface area contributed by atoms with Gasteiger partial charge >= 0.3 is 6.03 Å². The van der Waals surface area contributed by atoms with Gasteiger partial charge in [-0.3, -0.25) is 5.10 Å². The molecule has 0 spiro atoms. The van der Waals surface area contributed by atoms with Crippen LogP contribution in [-0.2, 0) is 17.9 Å². The fourth-order valence-electron chi connectivity index (χ4n) is 1.93. The van der Waals surface area contributed by atoms with E-state index in [1.54, 1.807) is 7.11 Å². The molecule has 0 aliphatic heterocycles. The molecule has 0 atom stereocenters. The molecule has 2 rings (SSSR count). The fraction of sp³-hybridized carbons (Fsp3) is 0.333. The second-order valence-corrected chi connectivity index (χ2v) is 5.07. The number of carbonyl (C=O) groups is 1. The van der Waals surface area contributed by atoms with Crippen molar-refractivity contribution in [1.82, 2.24) is 15.5 Å². The molecule has 0 aliphatic rings. The average molecular weight is 303 g/mol. The van der Waals surface area contributed by atoms with Crippen LogP contribution in [0.15, 0.2) is 30.3 Å². The van der Waals surface area contributed by atoms with Crippen LogP contribution in [-0.4, -0.2) is 37.4 Å². The van der Waals surface area contributed by atoms with Crippen molar-refractivity contribution in [2.24, 2.45) is 0 Å². The standard InChI is InChI=1S/C15H21N5O2/c1-20(2)14-6-4-5-11(8-14)17-15(21)16-9-12-7-13(10-22-3)19-18-12/h4-8H,9-10H2,1-3H3,(H,18,19)(H2,16,17,21). The summed E-state index contributed by atoms with van der Waals surface area (Å²) in [4.78, 5) is 13.9. The normalized spacial score (nSPS) is 10.3. The third kappa shape index (κ3) is 4.49. The van der Waals surface area contributed by atoms with Crippen molar-refractivity contribution in [3.05, 3.63) is 41.7 Å². The molecule has 7 heteroatoms. The molecule has 1 heterocycles. The Morgan fingerprint density at radius 2 is 2.18 bits per heavy atom. The number of aromatic nitrogens is 2. The minimum absolute atomic E-state index is 0.265. The van der Waals surface area contributed by atoms with E-state index in [4.69, 9.17) is 4.74 Å². The summed E-state index contributed by atoms with van der Waals surface area (Å²) < 4.78 is 4.99. The highest BCUT2D eigenvalue weighted by Gasteiger charge is 2.05. The number of rotatable bonds is 6. The first-order valence-electron chi connectivity index (χ1n) is 6.93.